The fraction of sp³-hybridized carbons (Fsp3) is 0.0741. The molecule has 0 spiro atoms. The predicted molar refractivity (Wildman–Crippen MR) is 131 cm³/mol. The van der Waals surface area contributed by atoms with Gasteiger partial charge >= 0.3 is 5.97 Å². The number of ether oxygens (including phenoxy) is 3. The van der Waals surface area contributed by atoms with E-state index >= 15 is 0 Å². The minimum Gasteiger partial charge on any atom is -0.508 e. The SMILES string of the molecule is COc1cc(/C=C/C(=O)C=C(O)/C=C/c2ccc(OC(=O)c3cccnc3)c(OC)c2)ccc1O. The first-order valence-electron chi connectivity index (χ1n) is 10.4. The van der Waals surface area contributed by atoms with Crippen molar-refractivity contribution < 1.29 is 34.0 Å². The molecule has 0 radical (unpaired) electrons. The standard InChI is InChI=1S/C27H23NO7/c1-33-25-14-18(7-11-23(25)31)5-9-21(29)16-22(30)10-6-19-8-12-24(26(15-19)34-2)35-27(32)20-4-3-13-28-17-20/h3-17,30-31H,1-2H3/b9-5+,10-6+,22-16?. The van der Waals surface area contributed by atoms with Gasteiger partial charge in [0.15, 0.2) is 28.8 Å². The third kappa shape index (κ3) is 7.06. The summed E-state index contributed by atoms with van der Waals surface area (Å²) in [5.74, 6) is -0.439. The third-order valence-electron chi connectivity index (χ3n) is 4.67. The zero-order valence-electron chi connectivity index (χ0n) is 19.0. The molecule has 2 aromatic carbocycles. The van der Waals surface area contributed by atoms with Crippen molar-refractivity contribution in [1.29, 1.82) is 0 Å². The van der Waals surface area contributed by atoms with E-state index in [0.717, 1.165) is 6.08 Å². The summed E-state index contributed by atoms with van der Waals surface area (Å²) in [5, 5.41) is 19.7. The van der Waals surface area contributed by atoms with Gasteiger partial charge < -0.3 is 24.4 Å². The van der Waals surface area contributed by atoms with Crippen LogP contribution >= 0.6 is 0 Å². The van der Waals surface area contributed by atoms with E-state index in [0.29, 0.717) is 22.4 Å². The van der Waals surface area contributed by atoms with Crippen molar-refractivity contribution in [3.05, 3.63) is 102 Å². The average Bonchev–Trinajstić information content (AvgIpc) is 2.88. The highest BCUT2D eigenvalue weighted by atomic mass is 16.6. The van der Waals surface area contributed by atoms with E-state index in [1.807, 2.05) is 0 Å². The summed E-state index contributed by atoms with van der Waals surface area (Å²) in [6.45, 7) is 0. The number of pyridine rings is 1. The molecule has 35 heavy (non-hydrogen) atoms. The third-order valence-corrected chi connectivity index (χ3v) is 4.67. The van der Waals surface area contributed by atoms with Crippen molar-refractivity contribution >= 4 is 23.9 Å². The zero-order valence-corrected chi connectivity index (χ0v) is 19.0. The number of ketones is 1. The monoisotopic (exact) mass is 473 g/mol. The second-order valence-corrected chi connectivity index (χ2v) is 7.11. The molecule has 3 rings (SSSR count). The number of hydrogen-bond donors (Lipinski definition) is 2. The average molecular weight is 473 g/mol. The lowest BCUT2D eigenvalue weighted by atomic mass is 10.1. The summed E-state index contributed by atoms with van der Waals surface area (Å²) in [4.78, 5) is 28.3. The van der Waals surface area contributed by atoms with Crippen LogP contribution in [0.5, 0.6) is 23.0 Å². The first-order valence-corrected chi connectivity index (χ1v) is 10.4. The largest absolute Gasteiger partial charge is 0.508 e. The quantitative estimate of drug-likeness (QED) is 0.150. The number of nitrogens with zero attached hydrogens (tertiary/aromatic N) is 1. The predicted octanol–water partition coefficient (Wildman–Crippen LogP) is 4.76. The number of aliphatic hydroxyl groups is 1. The molecule has 0 aliphatic rings. The van der Waals surface area contributed by atoms with Gasteiger partial charge in [-0.05, 0) is 59.7 Å². The fourth-order valence-corrected chi connectivity index (χ4v) is 2.91. The van der Waals surface area contributed by atoms with Crippen molar-refractivity contribution in [2.45, 2.75) is 0 Å². The number of phenolic OH excluding ortho intramolecular Hbond substituents is 1. The highest BCUT2D eigenvalue weighted by Gasteiger charge is 2.12. The molecular formula is C27H23NO7. The number of allylic oxidation sites excluding steroid dienone is 3. The summed E-state index contributed by atoms with van der Waals surface area (Å²) >= 11 is 0. The van der Waals surface area contributed by atoms with Crippen LogP contribution in [0.4, 0.5) is 0 Å². The Bertz CT molecular complexity index is 1290. The molecule has 3 aromatic rings. The van der Waals surface area contributed by atoms with Crippen molar-refractivity contribution in [3.63, 3.8) is 0 Å². The van der Waals surface area contributed by atoms with Crippen LogP contribution in [0.2, 0.25) is 0 Å². The van der Waals surface area contributed by atoms with Gasteiger partial charge in [-0.2, -0.15) is 0 Å². The molecule has 8 nitrogen and oxygen atoms in total. The maximum atomic E-state index is 12.2. The Balaban J connectivity index is 1.66. The molecule has 8 heteroatoms. The Kier molecular flexibility index (Phi) is 8.39. The van der Waals surface area contributed by atoms with E-state index in [2.05, 4.69) is 4.98 Å². The molecule has 2 N–H and O–H groups in total. The van der Waals surface area contributed by atoms with Gasteiger partial charge in [0.1, 0.15) is 5.76 Å². The Labute approximate surface area is 202 Å². The number of aromatic nitrogens is 1. The van der Waals surface area contributed by atoms with E-state index in [1.165, 1.54) is 44.7 Å². The van der Waals surface area contributed by atoms with Gasteiger partial charge in [-0.3, -0.25) is 9.78 Å². The summed E-state index contributed by atoms with van der Waals surface area (Å²) in [5.41, 5.74) is 1.59. The van der Waals surface area contributed by atoms with Gasteiger partial charge in [-0.25, -0.2) is 4.79 Å². The maximum absolute atomic E-state index is 12.2. The van der Waals surface area contributed by atoms with Gasteiger partial charge in [-0.1, -0.05) is 24.3 Å². The Hall–Kier alpha value is -4.85. The van der Waals surface area contributed by atoms with Gasteiger partial charge in [0.25, 0.3) is 0 Å². The number of methoxy groups -OCH3 is 2. The molecule has 0 aliphatic heterocycles. The Morgan fingerprint density at radius 1 is 0.886 bits per heavy atom. The molecule has 1 heterocycles. The lowest BCUT2D eigenvalue weighted by Gasteiger charge is -2.10. The number of benzene rings is 2. The molecule has 0 fully saturated rings. The van der Waals surface area contributed by atoms with E-state index in [1.54, 1.807) is 54.7 Å². The summed E-state index contributed by atoms with van der Waals surface area (Å²) in [6, 6.07) is 12.7. The molecule has 0 amide bonds. The number of rotatable bonds is 9. The van der Waals surface area contributed by atoms with Crippen molar-refractivity contribution in [2.24, 2.45) is 0 Å². The summed E-state index contributed by atoms with van der Waals surface area (Å²) < 4.78 is 15.7. The fourth-order valence-electron chi connectivity index (χ4n) is 2.91. The van der Waals surface area contributed by atoms with Crippen molar-refractivity contribution in [3.8, 4) is 23.0 Å². The molecule has 0 unspecified atom stereocenters. The summed E-state index contributed by atoms with van der Waals surface area (Å²) in [6.07, 6.45) is 9.76. The van der Waals surface area contributed by atoms with Crippen LogP contribution in [0.25, 0.3) is 12.2 Å². The molecular weight excluding hydrogens is 450 g/mol. The van der Waals surface area contributed by atoms with Crippen LogP contribution in [0.15, 0.2) is 84.9 Å². The van der Waals surface area contributed by atoms with E-state index in [9.17, 15) is 19.8 Å². The van der Waals surface area contributed by atoms with Crippen LogP contribution in [0.1, 0.15) is 21.5 Å². The molecule has 0 saturated heterocycles. The van der Waals surface area contributed by atoms with Gasteiger partial charge in [0.2, 0.25) is 0 Å². The number of hydrogen-bond acceptors (Lipinski definition) is 8. The minimum atomic E-state index is -0.572. The van der Waals surface area contributed by atoms with Crippen LogP contribution < -0.4 is 14.2 Å². The highest BCUT2D eigenvalue weighted by molar-refractivity contribution is 6.02. The number of esters is 1. The van der Waals surface area contributed by atoms with E-state index in [-0.39, 0.29) is 23.0 Å². The van der Waals surface area contributed by atoms with Crippen LogP contribution in [-0.4, -0.2) is 41.2 Å². The molecule has 178 valence electrons. The lowest BCUT2D eigenvalue weighted by molar-refractivity contribution is -0.110. The number of aromatic hydroxyl groups is 1. The van der Waals surface area contributed by atoms with Crippen molar-refractivity contribution in [2.75, 3.05) is 14.2 Å². The second-order valence-electron chi connectivity index (χ2n) is 7.11. The van der Waals surface area contributed by atoms with Gasteiger partial charge in [0, 0.05) is 18.5 Å². The van der Waals surface area contributed by atoms with E-state index in [4.69, 9.17) is 14.2 Å². The molecule has 0 bridgehead atoms. The molecule has 0 saturated carbocycles. The smallest absolute Gasteiger partial charge is 0.345 e. The first-order chi connectivity index (χ1) is 16.9. The van der Waals surface area contributed by atoms with Gasteiger partial charge in [0.05, 0.1) is 19.8 Å². The van der Waals surface area contributed by atoms with Crippen LogP contribution in [0, 0.1) is 0 Å². The normalized spacial score (nSPS) is 11.5. The number of carbonyl (C=O) groups is 2. The lowest BCUT2D eigenvalue weighted by Crippen LogP contribution is -2.09. The van der Waals surface area contributed by atoms with Crippen molar-refractivity contribution in [1.82, 2.24) is 4.98 Å². The first kappa shape index (κ1) is 24.8. The number of carbonyl (C=O) groups excluding carboxylic acids is 2. The molecule has 0 atom stereocenters. The van der Waals surface area contributed by atoms with E-state index < -0.39 is 11.8 Å². The maximum Gasteiger partial charge on any atom is 0.345 e. The van der Waals surface area contributed by atoms with Gasteiger partial charge in [-0.15, -0.1) is 0 Å². The second kappa shape index (κ2) is 11.9. The Morgan fingerprint density at radius 2 is 1.57 bits per heavy atom. The summed E-state index contributed by atoms with van der Waals surface area (Å²) in [7, 11) is 2.87. The highest BCUT2D eigenvalue weighted by Crippen LogP contribution is 2.29. The zero-order chi connectivity index (χ0) is 25.2. The van der Waals surface area contributed by atoms with Crippen LogP contribution in [0.3, 0.4) is 0 Å². The molecule has 0 aliphatic carbocycles. The minimum absolute atomic E-state index is 0.00465. The number of phenols is 1. The Morgan fingerprint density at radius 3 is 2.26 bits per heavy atom. The van der Waals surface area contributed by atoms with Crippen LogP contribution in [-0.2, 0) is 4.79 Å². The molecule has 1 aromatic heterocycles. The topological polar surface area (TPSA) is 115 Å². The number of aliphatic hydroxyl groups excluding tert-OH is 1.